The number of rotatable bonds is 3. The van der Waals surface area contributed by atoms with Crippen LogP contribution in [0.3, 0.4) is 0 Å². The summed E-state index contributed by atoms with van der Waals surface area (Å²) in [5, 5.41) is 3.71. The zero-order chi connectivity index (χ0) is 16.4. The maximum atomic E-state index is 12.4. The Morgan fingerprint density at radius 1 is 1.26 bits per heavy atom. The van der Waals surface area contributed by atoms with Crippen molar-refractivity contribution >= 4 is 34.1 Å². The molecule has 3 rings (SSSR count). The van der Waals surface area contributed by atoms with Crippen molar-refractivity contribution in [3.05, 3.63) is 69.7 Å². The van der Waals surface area contributed by atoms with Crippen molar-refractivity contribution in [3.63, 3.8) is 0 Å². The van der Waals surface area contributed by atoms with Crippen LogP contribution in [0.1, 0.15) is 5.56 Å². The van der Waals surface area contributed by atoms with Gasteiger partial charge in [-0.15, -0.1) is 0 Å². The highest BCUT2D eigenvalue weighted by Gasteiger charge is 2.09. The van der Waals surface area contributed by atoms with E-state index in [0.29, 0.717) is 21.6 Å². The number of hydrogen-bond acceptors (Lipinski definition) is 3. The maximum Gasteiger partial charge on any atom is 0.261 e. The van der Waals surface area contributed by atoms with E-state index >= 15 is 0 Å². The van der Waals surface area contributed by atoms with E-state index in [4.69, 9.17) is 11.6 Å². The second-order valence-corrected chi connectivity index (χ2v) is 5.69. The molecule has 0 bridgehead atoms. The van der Waals surface area contributed by atoms with Crippen LogP contribution in [0.2, 0.25) is 5.02 Å². The molecule has 6 heteroatoms. The first-order valence-electron chi connectivity index (χ1n) is 7.04. The van der Waals surface area contributed by atoms with Crippen molar-refractivity contribution in [3.8, 4) is 0 Å². The van der Waals surface area contributed by atoms with E-state index in [1.54, 1.807) is 24.3 Å². The summed E-state index contributed by atoms with van der Waals surface area (Å²) in [6.07, 6.45) is 1.36. The molecule has 0 aliphatic rings. The van der Waals surface area contributed by atoms with Gasteiger partial charge in [0.15, 0.2) is 0 Å². The summed E-state index contributed by atoms with van der Waals surface area (Å²) in [6, 6.07) is 12.3. The molecule has 23 heavy (non-hydrogen) atoms. The maximum absolute atomic E-state index is 12.4. The molecule has 1 amide bonds. The number of aryl methyl sites for hydroxylation is 1. The molecule has 0 saturated carbocycles. The third-order valence-electron chi connectivity index (χ3n) is 3.40. The Labute approximate surface area is 137 Å². The molecule has 2 aromatic carbocycles. The molecule has 0 aliphatic heterocycles. The number of nitrogens with one attached hydrogen (secondary N) is 1. The zero-order valence-corrected chi connectivity index (χ0v) is 13.2. The third kappa shape index (κ3) is 3.40. The van der Waals surface area contributed by atoms with Gasteiger partial charge in [-0.2, -0.15) is 0 Å². The molecule has 0 saturated heterocycles. The number of carbonyl (C=O) groups excluding carboxylic acids is 1. The first kappa shape index (κ1) is 15.2. The Hall–Kier alpha value is -2.66. The fraction of sp³-hybridized carbons (Fsp3) is 0.118. The summed E-state index contributed by atoms with van der Waals surface area (Å²) >= 11 is 5.89. The number of fused-ring (bicyclic) bond motifs is 1. The average Bonchev–Trinajstić information content (AvgIpc) is 2.50. The summed E-state index contributed by atoms with van der Waals surface area (Å²) in [7, 11) is 0. The van der Waals surface area contributed by atoms with E-state index in [1.807, 2.05) is 25.1 Å². The number of carbonyl (C=O) groups is 1. The topological polar surface area (TPSA) is 64.0 Å². The van der Waals surface area contributed by atoms with Gasteiger partial charge in [0.2, 0.25) is 5.91 Å². The van der Waals surface area contributed by atoms with Crippen molar-refractivity contribution in [1.29, 1.82) is 0 Å². The fourth-order valence-electron chi connectivity index (χ4n) is 2.32. The molecule has 0 fully saturated rings. The van der Waals surface area contributed by atoms with Gasteiger partial charge in [0, 0.05) is 10.7 Å². The van der Waals surface area contributed by atoms with E-state index < -0.39 is 0 Å². The Kier molecular flexibility index (Phi) is 4.12. The van der Waals surface area contributed by atoms with Gasteiger partial charge in [0.1, 0.15) is 6.54 Å². The van der Waals surface area contributed by atoms with Gasteiger partial charge >= 0.3 is 0 Å². The van der Waals surface area contributed by atoms with E-state index in [2.05, 4.69) is 10.3 Å². The largest absolute Gasteiger partial charge is 0.325 e. The molecule has 0 radical (unpaired) electrons. The van der Waals surface area contributed by atoms with Crippen LogP contribution in [0.25, 0.3) is 10.9 Å². The molecule has 0 atom stereocenters. The number of amides is 1. The van der Waals surface area contributed by atoms with Crippen molar-refractivity contribution in [1.82, 2.24) is 9.55 Å². The van der Waals surface area contributed by atoms with Crippen LogP contribution in [-0.2, 0) is 11.3 Å². The highest BCUT2D eigenvalue weighted by atomic mass is 35.5. The number of halogens is 1. The number of nitrogens with zero attached hydrogens (tertiary/aromatic N) is 2. The minimum absolute atomic E-state index is 0.0989. The van der Waals surface area contributed by atoms with Crippen molar-refractivity contribution in [2.45, 2.75) is 13.5 Å². The molecular weight excluding hydrogens is 314 g/mol. The van der Waals surface area contributed by atoms with Crippen LogP contribution in [0.5, 0.6) is 0 Å². The van der Waals surface area contributed by atoms with Crippen molar-refractivity contribution in [2.24, 2.45) is 0 Å². The lowest BCUT2D eigenvalue weighted by Gasteiger charge is -2.08. The lowest BCUT2D eigenvalue weighted by molar-refractivity contribution is -0.116. The summed E-state index contributed by atoms with van der Waals surface area (Å²) in [6.45, 7) is 1.84. The Morgan fingerprint density at radius 2 is 2.09 bits per heavy atom. The van der Waals surface area contributed by atoms with Gasteiger partial charge in [0.05, 0.1) is 17.2 Å². The molecule has 3 aromatic rings. The van der Waals surface area contributed by atoms with Gasteiger partial charge in [-0.3, -0.25) is 14.2 Å². The van der Waals surface area contributed by atoms with E-state index in [0.717, 1.165) is 5.56 Å². The second kappa shape index (κ2) is 6.22. The normalized spacial score (nSPS) is 10.7. The van der Waals surface area contributed by atoms with Crippen LogP contribution in [0.4, 0.5) is 5.69 Å². The summed E-state index contributed by atoms with van der Waals surface area (Å²) in [4.78, 5) is 28.7. The Balaban J connectivity index is 1.84. The minimum atomic E-state index is -0.284. The number of hydrogen-bond donors (Lipinski definition) is 1. The molecule has 0 spiro atoms. The Morgan fingerprint density at radius 3 is 2.87 bits per heavy atom. The quantitative estimate of drug-likeness (QED) is 0.804. The Bertz CT molecular complexity index is 950. The molecule has 1 aromatic heterocycles. The highest BCUT2D eigenvalue weighted by molar-refractivity contribution is 6.31. The van der Waals surface area contributed by atoms with E-state index in [9.17, 15) is 9.59 Å². The first-order chi connectivity index (χ1) is 11.0. The predicted octanol–water partition coefficient (Wildman–Crippen LogP) is 3.00. The van der Waals surface area contributed by atoms with Crippen LogP contribution in [0, 0.1) is 6.92 Å². The van der Waals surface area contributed by atoms with Crippen LogP contribution in [-0.4, -0.2) is 15.5 Å². The van der Waals surface area contributed by atoms with Gasteiger partial charge in [-0.1, -0.05) is 23.7 Å². The molecule has 1 heterocycles. The van der Waals surface area contributed by atoms with Gasteiger partial charge in [-0.25, -0.2) is 4.98 Å². The molecule has 1 N–H and O–H groups in total. The molecule has 116 valence electrons. The van der Waals surface area contributed by atoms with E-state index in [-0.39, 0.29) is 18.0 Å². The molecule has 0 aliphatic carbocycles. The van der Waals surface area contributed by atoms with Crippen LogP contribution >= 0.6 is 11.6 Å². The van der Waals surface area contributed by atoms with Gasteiger partial charge < -0.3 is 5.32 Å². The second-order valence-electron chi connectivity index (χ2n) is 5.26. The lowest BCUT2D eigenvalue weighted by Crippen LogP contribution is -2.27. The molecule has 0 unspecified atom stereocenters. The molecular formula is C17H14ClN3O2. The number of aromatic nitrogens is 2. The van der Waals surface area contributed by atoms with Crippen LogP contribution < -0.4 is 10.9 Å². The third-order valence-corrected chi connectivity index (χ3v) is 3.64. The standard InChI is InChI=1S/C17H14ClN3O2/c1-11-3-2-4-13(7-11)20-16(22)9-21-10-19-15-8-12(18)5-6-14(15)17(21)23/h2-8,10H,9H2,1H3,(H,20,22). The van der Waals surface area contributed by atoms with Gasteiger partial charge in [-0.05, 0) is 42.8 Å². The fourth-order valence-corrected chi connectivity index (χ4v) is 2.49. The lowest BCUT2D eigenvalue weighted by atomic mass is 10.2. The smallest absolute Gasteiger partial charge is 0.261 e. The predicted molar refractivity (Wildman–Crippen MR) is 90.8 cm³/mol. The zero-order valence-electron chi connectivity index (χ0n) is 12.4. The van der Waals surface area contributed by atoms with E-state index in [1.165, 1.54) is 10.9 Å². The summed E-state index contributed by atoms with van der Waals surface area (Å²) in [5.74, 6) is -0.284. The summed E-state index contributed by atoms with van der Waals surface area (Å²) in [5.41, 5.74) is 1.98. The monoisotopic (exact) mass is 327 g/mol. The van der Waals surface area contributed by atoms with Gasteiger partial charge in [0.25, 0.3) is 5.56 Å². The highest BCUT2D eigenvalue weighted by Crippen LogP contribution is 2.14. The SMILES string of the molecule is Cc1cccc(NC(=O)Cn2cnc3cc(Cl)ccc3c2=O)c1. The minimum Gasteiger partial charge on any atom is -0.325 e. The first-order valence-corrected chi connectivity index (χ1v) is 7.42. The van der Waals surface area contributed by atoms with Crippen molar-refractivity contribution < 1.29 is 4.79 Å². The average molecular weight is 328 g/mol. The van der Waals surface area contributed by atoms with Crippen molar-refractivity contribution in [2.75, 3.05) is 5.32 Å². The number of benzene rings is 2. The van der Waals surface area contributed by atoms with Crippen LogP contribution in [0.15, 0.2) is 53.6 Å². The summed E-state index contributed by atoms with van der Waals surface area (Å²) < 4.78 is 1.28. The molecule has 5 nitrogen and oxygen atoms in total. The number of anilines is 1.